The van der Waals surface area contributed by atoms with Gasteiger partial charge >= 0.3 is 8.25 Å². The van der Waals surface area contributed by atoms with Gasteiger partial charge in [-0.05, 0) is 42.8 Å². The van der Waals surface area contributed by atoms with Gasteiger partial charge in [0.25, 0.3) is 5.91 Å². The lowest BCUT2D eigenvalue weighted by Crippen LogP contribution is -2.48. The summed E-state index contributed by atoms with van der Waals surface area (Å²) in [6, 6.07) is 10.7. The fourth-order valence-electron chi connectivity index (χ4n) is 4.21. The third kappa shape index (κ3) is 5.72. The second kappa shape index (κ2) is 10.8. The summed E-state index contributed by atoms with van der Waals surface area (Å²) >= 11 is 0. The maximum absolute atomic E-state index is 12.8. The lowest BCUT2D eigenvalue weighted by Gasteiger charge is -2.40. The Kier molecular flexibility index (Phi) is 8.03. The third-order valence-corrected chi connectivity index (χ3v) is 12.2. The summed E-state index contributed by atoms with van der Waals surface area (Å²) in [5, 5.41) is 3.40. The molecule has 4 rings (SSSR count). The highest BCUT2D eigenvalue weighted by atomic mass is 31.1. The van der Waals surface area contributed by atoms with Crippen molar-refractivity contribution < 1.29 is 27.9 Å². The number of hydrogen-bond acceptors (Lipinski definition) is 7. The first kappa shape index (κ1) is 27.6. The fourth-order valence-corrected chi connectivity index (χ4v) is 6.01. The first-order valence-corrected chi connectivity index (χ1v) is 16.5. The predicted octanol–water partition coefficient (Wildman–Crippen LogP) is 5.15. The predicted molar refractivity (Wildman–Crippen MR) is 144 cm³/mol. The number of amides is 1. The van der Waals surface area contributed by atoms with Gasteiger partial charge in [-0.25, -0.2) is 9.97 Å². The van der Waals surface area contributed by atoms with Gasteiger partial charge in [0.1, 0.15) is 30.0 Å². The molecule has 0 radical (unpaired) electrons. The number of hydrogen-bond donors (Lipinski definition) is 2. The summed E-state index contributed by atoms with van der Waals surface area (Å²) in [7, 11) is -5.57. The Labute approximate surface area is 218 Å². The fraction of sp³-hybridized carbons (Fsp3) is 0.480. The first-order valence-electron chi connectivity index (χ1n) is 12.3. The summed E-state index contributed by atoms with van der Waals surface area (Å²) < 4.78 is 32.3. The molecule has 2 N–H and O–H groups in total. The zero-order valence-electron chi connectivity index (χ0n) is 22.0. The van der Waals surface area contributed by atoms with Gasteiger partial charge in [0.2, 0.25) is 0 Å². The molecule has 3 aromatic rings. The monoisotopic (exact) mass is 546 g/mol. The van der Waals surface area contributed by atoms with Crippen LogP contribution in [0.1, 0.15) is 50.7 Å². The zero-order valence-corrected chi connectivity index (χ0v) is 24.0. The maximum Gasteiger partial charge on any atom is 0.317 e. The molecule has 0 bridgehead atoms. The molecule has 3 heterocycles. The molecule has 1 fully saturated rings. The van der Waals surface area contributed by atoms with E-state index in [-0.39, 0.29) is 10.9 Å². The van der Waals surface area contributed by atoms with Gasteiger partial charge in [0, 0.05) is 11.8 Å². The number of benzene rings is 1. The van der Waals surface area contributed by atoms with Crippen LogP contribution in [-0.2, 0) is 18.3 Å². The van der Waals surface area contributed by atoms with Crippen molar-refractivity contribution in [3.05, 3.63) is 54.5 Å². The molecule has 0 aliphatic carbocycles. The van der Waals surface area contributed by atoms with Crippen LogP contribution in [-0.4, -0.2) is 52.0 Å². The van der Waals surface area contributed by atoms with Crippen molar-refractivity contribution in [2.75, 3.05) is 5.32 Å². The van der Waals surface area contributed by atoms with Crippen molar-refractivity contribution in [2.45, 2.75) is 76.8 Å². The van der Waals surface area contributed by atoms with Gasteiger partial charge in [-0.2, -0.15) is 0 Å². The molecular formula is C25H35N4O6PSi. The van der Waals surface area contributed by atoms with E-state index in [4.69, 9.17) is 13.7 Å². The molecule has 37 heavy (non-hydrogen) atoms. The summed E-state index contributed by atoms with van der Waals surface area (Å²) in [5.74, 6) is 0.0925. The van der Waals surface area contributed by atoms with Crippen molar-refractivity contribution >= 4 is 39.3 Å². The lowest BCUT2D eigenvalue weighted by atomic mass is 10.1. The van der Waals surface area contributed by atoms with Crippen LogP contribution >= 0.6 is 8.25 Å². The second-order valence-electron chi connectivity index (χ2n) is 10.7. The maximum atomic E-state index is 12.8. The average molecular weight is 547 g/mol. The summed E-state index contributed by atoms with van der Waals surface area (Å²) in [4.78, 5) is 31.2. The van der Waals surface area contributed by atoms with Gasteiger partial charge in [-0.1, -0.05) is 45.9 Å². The van der Waals surface area contributed by atoms with E-state index in [0.29, 0.717) is 28.8 Å². The quantitative estimate of drug-likeness (QED) is 0.294. The number of ether oxygens (including phenoxy) is 1. The minimum atomic E-state index is -3.24. The van der Waals surface area contributed by atoms with E-state index in [1.54, 1.807) is 30.5 Å². The molecule has 1 aliphatic heterocycles. The van der Waals surface area contributed by atoms with Crippen molar-refractivity contribution in [1.82, 2.24) is 14.5 Å². The second-order valence-corrected chi connectivity index (χ2v) is 16.2. The van der Waals surface area contributed by atoms with Gasteiger partial charge in [-0.3, -0.25) is 9.36 Å². The molecule has 1 saturated heterocycles. The van der Waals surface area contributed by atoms with Crippen molar-refractivity contribution in [2.24, 2.45) is 0 Å². The molecule has 1 unspecified atom stereocenters. The molecule has 10 nitrogen and oxygen atoms in total. The Balaban J connectivity index is 1.72. The zero-order chi connectivity index (χ0) is 27.0. The van der Waals surface area contributed by atoms with E-state index in [9.17, 15) is 14.3 Å². The Morgan fingerprint density at radius 2 is 1.89 bits per heavy atom. The molecular weight excluding hydrogens is 511 g/mol. The van der Waals surface area contributed by atoms with Crippen LogP contribution in [0.15, 0.2) is 48.9 Å². The highest BCUT2D eigenvalue weighted by Gasteiger charge is 2.51. The van der Waals surface area contributed by atoms with E-state index >= 15 is 0 Å². The molecule has 2 aromatic heterocycles. The molecule has 1 aliphatic rings. The summed E-state index contributed by atoms with van der Waals surface area (Å²) in [6.07, 6.45) is 1.29. The van der Waals surface area contributed by atoms with E-state index in [1.165, 1.54) is 6.33 Å². The standard InChI is InChI=1S/C25H35N4O6PSi/c1-7-18-19(34-36(31)32)20(35-37(5,6)25(2,3)4)24(33-18)29-14-13-17-21(26-15-27-22(17)29)28-23(30)16-11-9-8-10-12-16/h8-15,18-20,24,36H,7H2,1-6H3,(H,31,32)(H,26,27,28,30)/t18-,19-,20-,24-/m1/s1. The number of fused-ring (bicyclic) bond motifs is 1. The molecule has 12 heteroatoms. The number of rotatable bonds is 8. The summed E-state index contributed by atoms with van der Waals surface area (Å²) in [6.45, 7) is 12.6. The molecule has 5 atom stereocenters. The number of anilines is 1. The molecule has 1 aromatic carbocycles. The van der Waals surface area contributed by atoms with E-state index < -0.39 is 41.1 Å². The van der Waals surface area contributed by atoms with Gasteiger partial charge < -0.3 is 28.5 Å². The van der Waals surface area contributed by atoms with Crippen LogP contribution in [0.5, 0.6) is 0 Å². The first-order chi connectivity index (χ1) is 17.4. The molecule has 200 valence electrons. The average Bonchev–Trinajstić information content (AvgIpc) is 3.40. The summed E-state index contributed by atoms with van der Waals surface area (Å²) in [5.41, 5.74) is 1.06. The van der Waals surface area contributed by atoms with E-state index in [0.717, 1.165) is 0 Å². The Morgan fingerprint density at radius 3 is 2.51 bits per heavy atom. The largest absolute Gasteiger partial charge is 0.407 e. The SMILES string of the molecule is CC[C@H]1O[C@@H](n2ccc3c(NC(=O)c4ccccc4)ncnc32)[C@H](O[Si](C)(C)C(C)(C)C)[C@@H]1O[PH](=O)O. The highest BCUT2D eigenvalue weighted by molar-refractivity contribution is 7.32. The Morgan fingerprint density at radius 1 is 1.19 bits per heavy atom. The van der Waals surface area contributed by atoms with Gasteiger partial charge in [0.05, 0.1) is 11.5 Å². The van der Waals surface area contributed by atoms with Crippen molar-refractivity contribution in [1.29, 1.82) is 0 Å². The topological polar surface area (TPSA) is 125 Å². The lowest BCUT2D eigenvalue weighted by molar-refractivity contribution is -0.0321. The van der Waals surface area contributed by atoms with Gasteiger partial charge in [-0.15, -0.1) is 0 Å². The van der Waals surface area contributed by atoms with Crippen LogP contribution in [0.25, 0.3) is 11.0 Å². The number of carbonyl (C=O) groups excluding carboxylic acids is 1. The molecule has 0 spiro atoms. The number of nitrogens with one attached hydrogen (secondary N) is 1. The van der Waals surface area contributed by atoms with Crippen molar-refractivity contribution in [3.8, 4) is 0 Å². The highest BCUT2D eigenvalue weighted by Crippen LogP contribution is 2.45. The number of carbonyl (C=O) groups is 1. The Hall–Kier alpha value is -2.40. The number of aromatic nitrogens is 3. The molecule has 0 saturated carbocycles. The van der Waals surface area contributed by atoms with Crippen LogP contribution in [0.3, 0.4) is 0 Å². The minimum Gasteiger partial charge on any atom is -0.407 e. The van der Waals surface area contributed by atoms with Crippen LogP contribution < -0.4 is 5.32 Å². The van der Waals surface area contributed by atoms with E-state index in [2.05, 4.69) is 49.1 Å². The van der Waals surface area contributed by atoms with Crippen molar-refractivity contribution in [3.63, 3.8) is 0 Å². The number of nitrogens with zero attached hydrogens (tertiary/aromatic N) is 3. The van der Waals surface area contributed by atoms with E-state index in [1.807, 2.05) is 23.6 Å². The minimum absolute atomic E-state index is 0.104. The smallest absolute Gasteiger partial charge is 0.317 e. The molecule has 1 amide bonds. The normalized spacial score (nSPS) is 23.3. The van der Waals surface area contributed by atoms with Gasteiger partial charge in [0.15, 0.2) is 14.5 Å². The van der Waals surface area contributed by atoms with Crippen LogP contribution in [0, 0.1) is 0 Å². The van der Waals surface area contributed by atoms with Crippen LogP contribution in [0.2, 0.25) is 18.1 Å². The van der Waals surface area contributed by atoms with Crippen LogP contribution in [0.4, 0.5) is 5.82 Å². The third-order valence-electron chi connectivity index (χ3n) is 7.21. The Bertz CT molecular complexity index is 1280.